The first-order chi connectivity index (χ1) is 7.89. The first-order valence-corrected chi connectivity index (χ1v) is 6.85. The highest BCUT2D eigenvalue weighted by Crippen LogP contribution is 2.31. The summed E-state index contributed by atoms with van der Waals surface area (Å²) >= 11 is 0. The Kier molecular flexibility index (Phi) is 3.19. The molecule has 92 valence electrons. The monoisotopic (exact) mass is 251 g/mol. The van der Waals surface area contributed by atoms with E-state index < -0.39 is 11.0 Å². The molecule has 1 aromatic rings. The molecule has 0 heterocycles. The second kappa shape index (κ2) is 4.35. The zero-order chi connectivity index (χ0) is 12.6. The van der Waals surface area contributed by atoms with Crippen molar-refractivity contribution in [1.29, 1.82) is 0 Å². The van der Waals surface area contributed by atoms with E-state index in [1.54, 1.807) is 0 Å². The Morgan fingerprint density at radius 1 is 1.29 bits per heavy atom. The summed E-state index contributed by atoms with van der Waals surface area (Å²) in [4.78, 5) is 11.8. The minimum Gasteiger partial charge on any atom is -0.294 e. The van der Waals surface area contributed by atoms with Gasteiger partial charge in [0.15, 0.2) is 5.78 Å². The Morgan fingerprint density at radius 3 is 2.59 bits per heavy atom. The quantitative estimate of drug-likeness (QED) is 0.877. The number of fused-ring (bicyclic) bond motifs is 1. The van der Waals surface area contributed by atoms with Gasteiger partial charge >= 0.3 is 0 Å². The molecule has 0 saturated heterocycles. The molecule has 2 atom stereocenters. The van der Waals surface area contributed by atoms with Gasteiger partial charge in [-0.3, -0.25) is 4.79 Å². The summed E-state index contributed by atoms with van der Waals surface area (Å²) in [5.74, 6) is 0.129. The minimum atomic E-state index is -1.15. The first kappa shape index (κ1) is 12.5. The second-order valence-corrected chi connectivity index (χ2v) is 7.26. The van der Waals surface area contributed by atoms with E-state index in [1.807, 2.05) is 45.0 Å². The highest BCUT2D eigenvalue weighted by atomic mass is 32.2. The van der Waals surface area contributed by atoms with Crippen molar-refractivity contribution in [2.45, 2.75) is 38.0 Å². The summed E-state index contributed by atoms with van der Waals surface area (Å²) in [6, 6.07) is 7.42. The van der Waals surface area contributed by atoms with Crippen molar-refractivity contribution in [3.63, 3.8) is 0 Å². The van der Waals surface area contributed by atoms with Gasteiger partial charge in [0, 0.05) is 12.0 Å². The summed E-state index contributed by atoms with van der Waals surface area (Å²) in [7, 11) is -1.15. The Balaban J connectivity index is 2.21. The van der Waals surface area contributed by atoms with Crippen molar-refractivity contribution in [2.75, 3.05) is 0 Å². The summed E-state index contributed by atoms with van der Waals surface area (Å²) in [6.07, 6.45) is 0.404. The van der Waals surface area contributed by atoms with Crippen LogP contribution in [0.15, 0.2) is 24.3 Å². The molecule has 0 fully saturated rings. The van der Waals surface area contributed by atoms with Crippen LogP contribution < -0.4 is 4.72 Å². The summed E-state index contributed by atoms with van der Waals surface area (Å²) in [5, 5.41) is 0. The Bertz CT molecular complexity index is 477. The molecule has 1 aromatic carbocycles. The topological polar surface area (TPSA) is 46.2 Å². The molecule has 0 spiro atoms. The lowest BCUT2D eigenvalue weighted by atomic mass is 10.1. The molecular formula is C13H17NO2S. The molecule has 0 aromatic heterocycles. The van der Waals surface area contributed by atoms with Crippen molar-refractivity contribution in [3.05, 3.63) is 35.4 Å². The lowest BCUT2D eigenvalue weighted by molar-refractivity contribution is 0.0988. The predicted molar refractivity (Wildman–Crippen MR) is 69.2 cm³/mol. The van der Waals surface area contributed by atoms with Gasteiger partial charge in [0.1, 0.15) is 0 Å². The molecule has 4 heteroatoms. The third-order valence-electron chi connectivity index (χ3n) is 2.83. The SMILES string of the molecule is CC(C)(C)[S@@](=O)N[C@@H]1CC(=O)c2ccccc21. The van der Waals surface area contributed by atoms with E-state index >= 15 is 0 Å². The van der Waals surface area contributed by atoms with Crippen LogP contribution in [0.5, 0.6) is 0 Å². The van der Waals surface area contributed by atoms with Crippen LogP contribution in [0, 0.1) is 0 Å². The van der Waals surface area contributed by atoms with Crippen LogP contribution in [0.1, 0.15) is 49.2 Å². The lowest BCUT2D eigenvalue weighted by Gasteiger charge is -2.21. The van der Waals surface area contributed by atoms with Crippen LogP contribution in [0.3, 0.4) is 0 Å². The van der Waals surface area contributed by atoms with E-state index in [9.17, 15) is 9.00 Å². The van der Waals surface area contributed by atoms with Gasteiger partial charge in [-0.25, -0.2) is 8.93 Å². The smallest absolute Gasteiger partial charge is 0.165 e. The maximum atomic E-state index is 12.0. The van der Waals surface area contributed by atoms with Gasteiger partial charge in [0.2, 0.25) is 0 Å². The first-order valence-electron chi connectivity index (χ1n) is 5.70. The highest BCUT2D eigenvalue weighted by molar-refractivity contribution is 7.84. The average molecular weight is 251 g/mol. The number of hydrogen-bond donors (Lipinski definition) is 1. The Hall–Kier alpha value is -1.00. The molecule has 17 heavy (non-hydrogen) atoms. The van der Waals surface area contributed by atoms with Crippen LogP contribution in [-0.2, 0) is 11.0 Å². The minimum absolute atomic E-state index is 0.112. The van der Waals surface area contributed by atoms with E-state index in [2.05, 4.69) is 4.72 Å². The van der Waals surface area contributed by atoms with Gasteiger partial charge in [-0.2, -0.15) is 0 Å². The van der Waals surface area contributed by atoms with Crippen molar-refractivity contribution in [1.82, 2.24) is 4.72 Å². The summed E-state index contributed by atoms with van der Waals surface area (Å²) in [5.41, 5.74) is 1.73. The molecule has 0 aliphatic heterocycles. The molecule has 0 amide bonds. The zero-order valence-corrected chi connectivity index (χ0v) is 11.1. The lowest BCUT2D eigenvalue weighted by Crippen LogP contribution is -2.35. The van der Waals surface area contributed by atoms with Crippen molar-refractivity contribution < 1.29 is 9.00 Å². The number of ketones is 1. The van der Waals surface area contributed by atoms with E-state index in [-0.39, 0.29) is 16.6 Å². The standard InChI is InChI=1S/C13H17NO2S/c1-13(2,3)17(16)14-11-8-12(15)10-7-5-4-6-9(10)11/h4-7,11,14H,8H2,1-3H3/t11-,17-/m1/s1. The fraction of sp³-hybridized carbons (Fsp3) is 0.462. The van der Waals surface area contributed by atoms with Crippen LogP contribution in [0.25, 0.3) is 0 Å². The van der Waals surface area contributed by atoms with Crippen LogP contribution in [0.2, 0.25) is 0 Å². The third kappa shape index (κ3) is 2.48. The van der Waals surface area contributed by atoms with Crippen LogP contribution in [-0.4, -0.2) is 14.7 Å². The second-order valence-electron chi connectivity index (χ2n) is 5.27. The van der Waals surface area contributed by atoms with Crippen LogP contribution in [0.4, 0.5) is 0 Å². The molecular weight excluding hydrogens is 234 g/mol. The zero-order valence-electron chi connectivity index (χ0n) is 10.3. The number of carbonyl (C=O) groups is 1. The molecule has 1 aliphatic rings. The molecule has 0 unspecified atom stereocenters. The molecule has 2 rings (SSSR count). The molecule has 3 nitrogen and oxygen atoms in total. The maximum absolute atomic E-state index is 12.0. The van der Waals surface area contributed by atoms with Gasteiger partial charge in [0.25, 0.3) is 0 Å². The maximum Gasteiger partial charge on any atom is 0.165 e. The van der Waals surface area contributed by atoms with Gasteiger partial charge in [-0.05, 0) is 26.3 Å². The third-order valence-corrected chi connectivity index (χ3v) is 4.44. The number of Topliss-reactive ketones (excluding diaryl/α,β-unsaturated/α-hetero) is 1. The van der Waals surface area contributed by atoms with E-state index in [1.165, 1.54) is 0 Å². The summed E-state index contributed by atoms with van der Waals surface area (Å²) in [6.45, 7) is 5.75. The van der Waals surface area contributed by atoms with Crippen LogP contribution >= 0.6 is 0 Å². The highest BCUT2D eigenvalue weighted by Gasteiger charge is 2.32. The van der Waals surface area contributed by atoms with Crippen molar-refractivity contribution in [2.24, 2.45) is 0 Å². The van der Waals surface area contributed by atoms with E-state index in [0.717, 1.165) is 11.1 Å². The molecule has 0 bridgehead atoms. The van der Waals surface area contributed by atoms with E-state index in [4.69, 9.17) is 0 Å². The largest absolute Gasteiger partial charge is 0.294 e. The van der Waals surface area contributed by atoms with Crippen molar-refractivity contribution in [3.8, 4) is 0 Å². The number of nitrogens with one attached hydrogen (secondary N) is 1. The number of rotatable bonds is 2. The number of benzene rings is 1. The predicted octanol–water partition coefficient (Wildman–Crippen LogP) is 2.37. The molecule has 1 aliphatic carbocycles. The van der Waals surface area contributed by atoms with Gasteiger partial charge in [-0.15, -0.1) is 0 Å². The van der Waals surface area contributed by atoms with Gasteiger partial charge < -0.3 is 0 Å². The Labute approximate surface area is 104 Å². The Morgan fingerprint density at radius 2 is 1.94 bits per heavy atom. The normalized spacial score (nSPS) is 21.4. The fourth-order valence-corrected chi connectivity index (χ4v) is 2.69. The molecule has 1 N–H and O–H groups in total. The number of carbonyl (C=O) groups excluding carboxylic acids is 1. The van der Waals surface area contributed by atoms with Crippen molar-refractivity contribution >= 4 is 16.8 Å². The average Bonchev–Trinajstić information content (AvgIpc) is 2.56. The van der Waals surface area contributed by atoms with Gasteiger partial charge in [0.05, 0.1) is 21.8 Å². The van der Waals surface area contributed by atoms with E-state index in [0.29, 0.717) is 6.42 Å². The number of hydrogen-bond acceptors (Lipinski definition) is 2. The summed E-state index contributed by atoms with van der Waals surface area (Å²) < 4.78 is 14.8. The molecule has 0 radical (unpaired) electrons. The molecule has 0 saturated carbocycles. The van der Waals surface area contributed by atoms with Gasteiger partial charge in [-0.1, -0.05) is 24.3 Å². The fourth-order valence-electron chi connectivity index (χ4n) is 1.87.